The number of halogens is 1. The van der Waals surface area contributed by atoms with Gasteiger partial charge in [0, 0.05) is 19.2 Å². The Hall–Kier alpha value is -2.44. The van der Waals surface area contributed by atoms with E-state index in [1.807, 2.05) is 13.8 Å². The van der Waals surface area contributed by atoms with Gasteiger partial charge >= 0.3 is 5.97 Å². The van der Waals surface area contributed by atoms with Gasteiger partial charge < -0.3 is 15.3 Å². The molecule has 0 aliphatic rings. The number of carbonyl (C=O) groups excluding carboxylic acids is 2. The van der Waals surface area contributed by atoms with E-state index in [0.29, 0.717) is 0 Å². The molecule has 0 saturated carbocycles. The molecule has 0 atom stereocenters. The molecule has 0 bridgehead atoms. The minimum Gasteiger partial charge on any atom is -0.480 e. The molecular formula is C15H19FN2O4. The van der Waals surface area contributed by atoms with Crippen LogP contribution in [-0.2, 0) is 9.59 Å². The van der Waals surface area contributed by atoms with Gasteiger partial charge in [-0.1, -0.05) is 13.8 Å². The zero-order valence-electron chi connectivity index (χ0n) is 12.7. The summed E-state index contributed by atoms with van der Waals surface area (Å²) in [5, 5.41) is 11.3. The summed E-state index contributed by atoms with van der Waals surface area (Å²) in [6, 6.07) is 3.60. The van der Waals surface area contributed by atoms with Gasteiger partial charge in [0.1, 0.15) is 12.4 Å². The van der Waals surface area contributed by atoms with Crippen molar-refractivity contribution in [3.05, 3.63) is 29.6 Å². The van der Waals surface area contributed by atoms with Crippen molar-refractivity contribution in [2.24, 2.45) is 5.92 Å². The van der Waals surface area contributed by atoms with Crippen molar-refractivity contribution in [3.63, 3.8) is 0 Å². The number of rotatable bonds is 6. The molecule has 6 nitrogen and oxygen atoms in total. The number of aliphatic carboxylic acids is 1. The summed E-state index contributed by atoms with van der Waals surface area (Å²) < 4.78 is 13.9. The maximum atomic E-state index is 13.9. The number of hydrogen-bond donors (Lipinski definition) is 2. The molecule has 0 heterocycles. The van der Waals surface area contributed by atoms with Crippen LogP contribution < -0.4 is 5.32 Å². The Morgan fingerprint density at radius 2 is 1.95 bits per heavy atom. The number of nitrogens with zero attached hydrogens (tertiary/aromatic N) is 1. The average Bonchev–Trinajstić information content (AvgIpc) is 2.37. The lowest BCUT2D eigenvalue weighted by molar-refractivity contribution is -0.137. The van der Waals surface area contributed by atoms with E-state index >= 15 is 0 Å². The van der Waals surface area contributed by atoms with Crippen molar-refractivity contribution >= 4 is 23.5 Å². The molecule has 2 amide bonds. The molecule has 0 spiro atoms. The largest absolute Gasteiger partial charge is 0.480 e. The van der Waals surface area contributed by atoms with Crippen molar-refractivity contribution in [1.29, 1.82) is 0 Å². The van der Waals surface area contributed by atoms with Crippen LogP contribution in [0.2, 0.25) is 0 Å². The Morgan fingerprint density at radius 1 is 1.32 bits per heavy atom. The van der Waals surface area contributed by atoms with Gasteiger partial charge in [0.15, 0.2) is 0 Å². The van der Waals surface area contributed by atoms with E-state index in [0.717, 1.165) is 11.0 Å². The highest BCUT2D eigenvalue weighted by Crippen LogP contribution is 2.17. The first-order chi connectivity index (χ1) is 10.2. The Labute approximate surface area is 127 Å². The molecule has 1 aromatic rings. The third-order valence-electron chi connectivity index (χ3n) is 2.72. The van der Waals surface area contributed by atoms with Crippen molar-refractivity contribution in [2.75, 3.05) is 18.4 Å². The van der Waals surface area contributed by atoms with Crippen LogP contribution in [0.1, 0.15) is 31.1 Å². The standard InChI is InChI=1S/C15H19FN2O4/c1-9(2)7-18(8-14(20)21)15(22)12-6-11(17-10(3)19)4-5-13(12)16/h4-6,9H,7-8H2,1-3H3,(H,17,19)(H,20,21). The first-order valence-corrected chi connectivity index (χ1v) is 6.79. The van der Waals surface area contributed by atoms with Crippen LogP contribution in [0.15, 0.2) is 18.2 Å². The fourth-order valence-electron chi connectivity index (χ4n) is 1.96. The second-order valence-corrected chi connectivity index (χ2v) is 5.35. The summed E-state index contributed by atoms with van der Waals surface area (Å²) >= 11 is 0. The molecule has 22 heavy (non-hydrogen) atoms. The van der Waals surface area contributed by atoms with Gasteiger partial charge in [-0.2, -0.15) is 0 Å². The molecule has 1 rings (SSSR count). The lowest BCUT2D eigenvalue weighted by Crippen LogP contribution is -2.38. The van der Waals surface area contributed by atoms with Crippen LogP contribution in [0.3, 0.4) is 0 Å². The number of hydrogen-bond acceptors (Lipinski definition) is 3. The van der Waals surface area contributed by atoms with Crippen LogP contribution in [0.25, 0.3) is 0 Å². The quantitative estimate of drug-likeness (QED) is 0.841. The van der Waals surface area contributed by atoms with Gasteiger partial charge in [-0.25, -0.2) is 4.39 Å². The number of carboxylic acid groups (broad SMARTS) is 1. The lowest BCUT2D eigenvalue weighted by Gasteiger charge is -2.23. The Balaban J connectivity index is 3.10. The van der Waals surface area contributed by atoms with Gasteiger partial charge in [-0.15, -0.1) is 0 Å². The van der Waals surface area contributed by atoms with E-state index in [1.54, 1.807) is 0 Å². The van der Waals surface area contributed by atoms with E-state index < -0.39 is 24.2 Å². The van der Waals surface area contributed by atoms with Crippen molar-refractivity contribution in [2.45, 2.75) is 20.8 Å². The van der Waals surface area contributed by atoms with Gasteiger partial charge in [0.25, 0.3) is 5.91 Å². The predicted molar refractivity (Wildman–Crippen MR) is 79.1 cm³/mol. The van der Waals surface area contributed by atoms with Gasteiger partial charge in [-0.05, 0) is 24.1 Å². The van der Waals surface area contributed by atoms with E-state index in [1.165, 1.54) is 19.1 Å². The van der Waals surface area contributed by atoms with Gasteiger partial charge in [0.2, 0.25) is 5.91 Å². The minimum absolute atomic E-state index is 0.0323. The highest BCUT2D eigenvalue weighted by atomic mass is 19.1. The van der Waals surface area contributed by atoms with Crippen LogP contribution in [0, 0.1) is 11.7 Å². The van der Waals surface area contributed by atoms with E-state index in [-0.39, 0.29) is 29.6 Å². The Bertz CT molecular complexity index is 587. The first-order valence-electron chi connectivity index (χ1n) is 6.79. The molecule has 0 aliphatic heterocycles. The third-order valence-corrected chi connectivity index (χ3v) is 2.72. The molecule has 0 fully saturated rings. The van der Waals surface area contributed by atoms with Gasteiger partial charge in [0.05, 0.1) is 5.56 Å². The second-order valence-electron chi connectivity index (χ2n) is 5.35. The monoisotopic (exact) mass is 310 g/mol. The summed E-state index contributed by atoms with van der Waals surface area (Å²) in [5.74, 6) is -2.98. The number of carboxylic acids is 1. The van der Waals surface area contributed by atoms with Crippen molar-refractivity contribution in [3.8, 4) is 0 Å². The Morgan fingerprint density at radius 3 is 2.45 bits per heavy atom. The topological polar surface area (TPSA) is 86.7 Å². The van der Waals surface area contributed by atoms with Gasteiger partial charge in [-0.3, -0.25) is 14.4 Å². The van der Waals surface area contributed by atoms with Crippen molar-refractivity contribution in [1.82, 2.24) is 4.90 Å². The van der Waals surface area contributed by atoms with E-state index in [4.69, 9.17) is 5.11 Å². The molecule has 0 aliphatic carbocycles. The van der Waals surface area contributed by atoms with Crippen LogP contribution in [0.5, 0.6) is 0 Å². The summed E-state index contributed by atoms with van der Waals surface area (Å²) in [6.07, 6.45) is 0. The molecule has 1 aromatic carbocycles. The molecule has 0 unspecified atom stereocenters. The molecule has 0 radical (unpaired) electrons. The summed E-state index contributed by atoms with van der Waals surface area (Å²) in [6.45, 7) is 4.62. The lowest BCUT2D eigenvalue weighted by atomic mass is 10.1. The number of anilines is 1. The van der Waals surface area contributed by atoms with E-state index in [9.17, 15) is 18.8 Å². The summed E-state index contributed by atoms with van der Waals surface area (Å²) in [5.41, 5.74) is 0.00484. The molecule has 2 N–H and O–H groups in total. The molecule has 120 valence electrons. The van der Waals surface area contributed by atoms with E-state index in [2.05, 4.69) is 5.32 Å². The molecule has 0 aromatic heterocycles. The third kappa shape index (κ3) is 5.16. The maximum absolute atomic E-state index is 13.9. The Kier molecular flexibility index (Phi) is 6.03. The van der Waals surface area contributed by atoms with Crippen LogP contribution in [-0.4, -0.2) is 40.9 Å². The zero-order chi connectivity index (χ0) is 16.9. The average molecular weight is 310 g/mol. The molecule has 7 heteroatoms. The highest BCUT2D eigenvalue weighted by molar-refractivity contribution is 5.98. The van der Waals surface area contributed by atoms with Crippen LogP contribution >= 0.6 is 0 Å². The minimum atomic E-state index is -1.17. The molecular weight excluding hydrogens is 291 g/mol. The normalized spacial score (nSPS) is 10.4. The number of benzene rings is 1. The number of nitrogens with one attached hydrogen (secondary N) is 1. The van der Waals surface area contributed by atoms with Crippen LogP contribution in [0.4, 0.5) is 10.1 Å². The number of amides is 2. The summed E-state index contributed by atoms with van der Waals surface area (Å²) in [4.78, 5) is 35.4. The SMILES string of the molecule is CC(=O)Nc1ccc(F)c(C(=O)N(CC(=O)O)CC(C)C)c1. The fraction of sp³-hybridized carbons (Fsp3) is 0.400. The second kappa shape index (κ2) is 7.53. The number of carbonyl (C=O) groups is 3. The predicted octanol–water partition coefficient (Wildman–Crippen LogP) is 1.97. The fourth-order valence-corrected chi connectivity index (χ4v) is 1.96. The smallest absolute Gasteiger partial charge is 0.323 e. The first kappa shape index (κ1) is 17.6. The summed E-state index contributed by atoms with van der Waals surface area (Å²) in [7, 11) is 0. The molecule has 0 saturated heterocycles. The van der Waals surface area contributed by atoms with Crippen molar-refractivity contribution < 1.29 is 23.9 Å². The maximum Gasteiger partial charge on any atom is 0.323 e. The zero-order valence-corrected chi connectivity index (χ0v) is 12.7. The highest BCUT2D eigenvalue weighted by Gasteiger charge is 2.22.